The largest absolute Gasteiger partial charge is 0.487 e. The summed E-state index contributed by atoms with van der Waals surface area (Å²) in [4.78, 5) is 6.42. The number of benzene rings is 2. The average molecular weight is 540 g/mol. The maximum Gasteiger partial charge on any atom is 0.177 e. The summed E-state index contributed by atoms with van der Waals surface area (Å²) in [6.07, 6.45) is 6.06. The van der Waals surface area contributed by atoms with E-state index in [1.807, 2.05) is 18.2 Å². The number of aryl methyl sites for hydroxylation is 1. The van der Waals surface area contributed by atoms with Crippen molar-refractivity contribution in [2.45, 2.75) is 44.4 Å². The molecule has 0 aliphatic carbocycles. The fourth-order valence-electron chi connectivity index (χ4n) is 5.18. The van der Waals surface area contributed by atoms with E-state index in [9.17, 15) is 0 Å². The van der Waals surface area contributed by atoms with Gasteiger partial charge in [0.05, 0.1) is 15.8 Å². The Bertz CT molecular complexity index is 1300. The van der Waals surface area contributed by atoms with Gasteiger partial charge in [-0.05, 0) is 74.2 Å². The Balaban J connectivity index is 1.34. The number of aromatic nitrogens is 1. The maximum atomic E-state index is 8.91. The number of nitrogens with one attached hydrogen (secondary N) is 1. The van der Waals surface area contributed by atoms with Gasteiger partial charge < -0.3 is 20.1 Å². The lowest BCUT2D eigenvalue weighted by molar-refractivity contribution is -0.0132. The molecule has 1 saturated heterocycles. The van der Waals surface area contributed by atoms with Crippen LogP contribution in [0.2, 0.25) is 10.0 Å². The first kappa shape index (κ1) is 25.8. The second-order valence-electron chi connectivity index (χ2n) is 9.72. The predicted molar refractivity (Wildman–Crippen MR) is 148 cm³/mol. The molecule has 37 heavy (non-hydrogen) atoms. The van der Waals surface area contributed by atoms with Crippen LogP contribution in [0.1, 0.15) is 54.7 Å². The number of rotatable bonds is 6. The van der Waals surface area contributed by atoms with Crippen molar-refractivity contribution in [2.75, 3.05) is 25.4 Å². The number of nitrogen functional groups attached to an aromatic ring is 1. The molecule has 7 nitrogen and oxygen atoms in total. The maximum absolute atomic E-state index is 8.91. The molecule has 194 valence electrons. The van der Waals surface area contributed by atoms with Gasteiger partial charge in [-0.2, -0.15) is 0 Å². The van der Waals surface area contributed by atoms with Crippen LogP contribution in [0, 0.1) is 5.41 Å². The summed E-state index contributed by atoms with van der Waals surface area (Å²) in [6.45, 7) is 5.45. The van der Waals surface area contributed by atoms with E-state index in [1.54, 1.807) is 18.2 Å². The second kappa shape index (κ2) is 10.5. The third-order valence-corrected chi connectivity index (χ3v) is 8.07. The second-order valence-corrected chi connectivity index (χ2v) is 10.5. The molecule has 1 atom stereocenters. The van der Waals surface area contributed by atoms with Gasteiger partial charge in [-0.3, -0.25) is 16.1 Å². The summed E-state index contributed by atoms with van der Waals surface area (Å²) in [7, 11) is 0. The van der Waals surface area contributed by atoms with Crippen LogP contribution in [0.15, 0.2) is 48.8 Å². The number of piperidine rings is 1. The average Bonchev–Trinajstić information content (AvgIpc) is 2.89. The van der Waals surface area contributed by atoms with Crippen LogP contribution in [0.4, 0.5) is 5.69 Å². The summed E-state index contributed by atoms with van der Waals surface area (Å²) >= 11 is 12.4. The number of hydrogen-bond acceptors (Lipinski definition) is 7. The summed E-state index contributed by atoms with van der Waals surface area (Å²) in [5.41, 5.74) is 16.1. The van der Waals surface area contributed by atoms with E-state index in [-0.39, 0.29) is 5.60 Å². The van der Waals surface area contributed by atoms with Crippen LogP contribution < -0.4 is 20.9 Å². The van der Waals surface area contributed by atoms with E-state index < -0.39 is 6.23 Å². The first-order valence-corrected chi connectivity index (χ1v) is 13.3. The summed E-state index contributed by atoms with van der Waals surface area (Å²) in [6, 6.07) is 11.1. The van der Waals surface area contributed by atoms with Crippen LogP contribution in [0.5, 0.6) is 11.5 Å². The third kappa shape index (κ3) is 5.27. The zero-order chi connectivity index (χ0) is 26.2. The van der Waals surface area contributed by atoms with Crippen LogP contribution >= 0.6 is 23.2 Å². The number of ether oxygens (including phenoxy) is 2. The van der Waals surface area contributed by atoms with Crippen molar-refractivity contribution in [3.05, 3.63) is 81.1 Å². The smallest absolute Gasteiger partial charge is 0.177 e. The number of hydrogen-bond donors (Lipinski definition) is 3. The highest BCUT2D eigenvalue weighted by molar-refractivity contribution is 6.35. The Hall–Kier alpha value is -2.84. The van der Waals surface area contributed by atoms with Crippen molar-refractivity contribution >= 4 is 34.6 Å². The fraction of sp³-hybridized carbons (Fsp3) is 0.357. The molecule has 0 radical (unpaired) electrons. The Morgan fingerprint density at radius 3 is 2.57 bits per heavy atom. The molecule has 1 spiro atoms. The third-order valence-electron chi connectivity index (χ3n) is 7.47. The number of likely N-dealkylation sites (tertiary alicyclic amines) is 1. The van der Waals surface area contributed by atoms with Gasteiger partial charge in [0.25, 0.3) is 0 Å². The molecule has 2 aromatic carbocycles. The van der Waals surface area contributed by atoms with E-state index in [1.165, 1.54) is 12.4 Å². The zero-order valence-corrected chi connectivity index (χ0v) is 22.3. The molecule has 1 aromatic heterocycles. The quantitative estimate of drug-likeness (QED) is 0.213. The molecule has 5 N–H and O–H groups in total. The van der Waals surface area contributed by atoms with Crippen LogP contribution in [0.25, 0.3) is 0 Å². The molecular weight excluding hydrogens is 509 g/mol. The van der Waals surface area contributed by atoms with E-state index in [0.717, 1.165) is 62.2 Å². The highest BCUT2D eigenvalue weighted by Crippen LogP contribution is 2.40. The van der Waals surface area contributed by atoms with Gasteiger partial charge >= 0.3 is 0 Å². The Morgan fingerprint density at radius 1 is 1.14 bits per heavy atom. The molecule has 0 unspecified atom stereocenters. The lowest BCUT2D eigenvalue weighted by Crippen LogP contribution is -2.49. The standard InChI is InChI=1S/C28H31Cl2N5O2/c1-2-35-11-9-28(10-12-35)8-7-17-13-18(3-6-24(17)37-28)26(32)20-14-19(4-5-23(20)31)36-27(33)25-21(29)15-34-16-22(25)30/h3-6,13-16,27,32H,2,7-12,31,33H2,1H3/t27-/m0/s1. The molecule has 2 aliphatic heterocycles. The molecule has 0 amide bonds. The highest BCUT2D eigenvalue weighted by atomic mass is 35.5. The molecule has 1 fully saturated rings. The first-order valence-electron chi connectivity index (χ1n) is 12.5. The monoisotopic (exact) mass is 539 g/mol. The van der Waals surface area contributed by atoms with Gasteiger partial charge in [0.15, 0.2) is 6.23 Å². The molecule has 3 heterocycles. The van der Waals surface area contributed by atoms with Crippen molar-refractivity contribution in [3.8, 4) is 11.5 Å². The molecule has 9 heteroatoms. The summed E-state index contributed by atoms with van der Waals surface area (Å²) in [5.74, 6) is 1.38. The number of nitrogens with zero attached hydrogens (tertiary/aromatic N) is 2. The minimum absolute atomic E-state index is 0.0663. The van der Waals surface area contributed by atoms with Gasteiger partial charge in [-0.25, -0.2) is 0 Å². The molecule has 2 aliphatic rings. The summed E-state index contributed by atoms with van der Waals surface area (Å²) in [5, 5.41) is 9.54. The fourth-order valence-corrected chi connectivity index (χ4v) is 5.76. The van der Waals surface area contributed by atoms with Gasteiger partial charge in [0, 0.05) is 47.9 Å². The van der Waals surface area contributed by atoms with Gasteiger partial charge in [-0.1, -0.05) is 30.1 Å². The minimum atomic E-state index is -0.911. The van der Waals surface area contributed by atoms with Crippen LogP contribution in [-0.4, -0.2) is 40.8 Å². The Labute approximate surface area is 227 Å². The van der Waals surface area contributed by atoms with E-state index >= 15 is 0 Å². The van der Waals surface area contributed by atoms with Crippen molar-refractivity contribution in [1.29, 1.82) is 5.41 Å². The Kier molecular flexibility index (Phi) is 7.32. The summed E-state index contributed by atoms with van der Waals surface area (Å²) < 4.78 is 12.5. The lowest BCUT2D eigenvalue weighted by atomic mass is 9.82. The molecule has 0 bridgehead atoms. The van der Waals surface area contributed by atoms with Crippen molar-refractivity contribution in [3.63, 3.8) is 0 Å². The van der Waals surface area contributed by atoms with Crippen LogP contribution in [-0.2, 0) is 6.42 Å². The highest BCUT2D eigenvalue weighted by Gasteiger charge is 2.39. The van der Waals surface area contributed by atoms with Gasteiger partial charge in [0.2, 0.25) is 0 Å². The van der Waals surface area contributed by atoms with E-state index in [4.69, 9.17) is 49.6 Å². The SMILES string of the molecule is CCN1CCC2(CCc3cc(C(=N)c4cc(O[C@H](N)c5c(Cl)cncc5Cl)ccc4N)ccc3O2)CC1. The number of fused-ring (bicyclic) bond motifs is 1. The topological polar surface area (TPSA) is 110 Å². The number of nitrogens with two attached hydrogens (primary N) is 2. The normalized spacial score (nSPS) is 17.6. The van der Waals surface area contributed by atoms with Crippen molar-refractivity contribution < 1.29 is 9.47 Å². The van der Waals surface area contributed by atoms with Gasteiger partial charge in [-0.15, -0.1) is 0 Å². The zero-order valence-electron chi connectivity index (χ0n) is 20.8. The molecule has 5 rings (SSSR count). The lowest BCUT2D eigenvalue weighted by Gasteiger charge is -2.44. The van der Waals surface area contributed by atoms with E-state index in [2.05, 4.69) is 16.8 Å². The van der Waals surface area contributed by atoms with Crippen molar-refractivity contribution in [1.82, 2.24) is 9.88 Å². The molecule has 0 saturated carbocycles. The number of anilines is 1. The van der Waals surface area contributed by atoms with E-state index in [0.29, 0.717) is 38.3 Å². The number of halogens is 2. The Morgan fingerprint density at radius 2 is 1.86 bits per heavy atom. The molecular formula is C28H31Cl2N5O2. The van der Waals surface area contributed by atoms with Gasteiger partial charge in [0.1, 0.15) is 17.1 Å². The molecule has 3 aromatic rings. The first-order chi connectivity index (χ1) is 17.8. The van der Waals surface area contributed by atoms with Crippen molar-refractivity contribution in [2.24, 2.45) is 5.73 Å². The van der Waals surface area contributed by atoms with Crippen LogP contribution in [0.3, 0.4) is 0 Å². The minimum Gasteiger partial charge on any atom is -0.487 e. The predicted octanol–water partition coefficient (Wildman–Crippen LogP) is 5.60. The number of pyridine rings is 1.